The molecule has 0 aromatic heterocycles. The molecular weight excluding hydrogens is 328 g/mol. The van der Waals surface area contributed by atoms with Crippen molar-refractivity contribution in [2.24, 2.45) is 5.16 Å². The Morgan fingerprint density at radius 1 is 1.12 bits per heavy atom. The van der Waals surface area contributed by atoms with E-state index in [0.717, 1.165) is 16.8 Å². The Bertz CT molecular complexity index is 757. The molecule has 0 saturated carbocycles. The molecule has 1 aliphatic heterocycles. The van der Waals surface area contributed by atoms with Crippen LogP contribution in [0.2, 0.25) is 0 Å². The molecule has 1 unspecified atom stereocenters. The molecule has 126 valence electrons. The molecule has 0 N–H and O–H groups in total. The standard InChI is InChI=1S/C19H19F2NOS/c1-13-6-3-4-7-14(13)18-10-19(2,23-22-18)12-24-11-15-16(20)8-5-9-17(15)21/h3-9H,10-12H2,1-2H3. The lowest BCUT2D eigenvalue weighted by molar-refractivity contribution is 0.0163. The molecule has 2 aromatic rings. The number of nitrogens with zero attached hydrogens (tertiary/aromatic N) is 1. The largest absolute Gasteiger partial charge is 0.388 e. The Morgan fingerprint density at radius 3 is 2.54 bits per heavy atom. The first kappa shape index (κ1) is 17.0. The summed E-state index contributed by atoms with van der Waals surface area (Å²) in [6.45, 7) is 4.02. The Balaban J connectivity index is 1.60. The SMILES string of the molecule is Cc1ccccc1C1=NOC(C)(CSCc2c(F)cccc2F)C1. The van der Waals surface area contributed by atoms with Gasteiger partial charge in [-0.2, -0.15) is 11.8 Å². The van der Waals surface area contributed by atoms with Crippen LogP contribution in [-0.2, 0) is 10.6 Å². The third-order valence-corrected chi connectivity index (χ3v) is 5.40. The molecular formula is C19H19F2NOS. The summed E-state index contributed by atoms with van der Waals surface area (Å²) >= 11 is 1.45. The first-order chi connectivity index (χ1) is 11.5. The lowest BCUT2D eigenvalue weighted by atomic mass is 9.95. The van der Waals surface area contributed by atoms with E-state index in [1.807, 2.05) is 38.1 Å². The summed E-state index contributed by atoms with van der Waals surface area (Å²) in [6.07, 6.45) is 0.685. The predicted molar refractivity (Wildman–Crippen MR) is 94.3 cm³/mol. The molecule has 0 saturated heterocycles. The molecule has 1 aliphatic rings. The van der Waals surface area contributed by atoms with E-state index in [1.165, 1.54) is 30.0 Å². The van der Waals surface area contributed by atoms with Gasteiger partial charge in [0.25, 0.3) is 0 Å². The Kier molecular flexibility index (Phi) is 4.90. The van der Waals surface area contributed by atoms with E-state index in [0.29, 0.717) is 12.2 Å². The highest BCUT2D eigenvalue weighted by atomic mass is 32.2. The molecule has 0 spiro atoms. The fourth-order valence-corrected chi connectivity index (χ4v) is 3.91. The average molecular weight is 347 g/mol. The number of rotatable bonds is 5. The van der Waals surface area contributed by atoms with Crippen LogP contribution in [-0.4, -0.2) is 17.1 Å². The first-order valence-electron chi connectivity index (χ1n) is 7.80. The zero-order valence-corrected chi connectivity index (χ0v) is 14.5. The highest BCUT2D eigenvalue weighted by Crippen LogP contribution is 2.32. The van der Waals surface area contributed by atoms with E-state index in [1.54, 1.807) is 0 Å². The third-order valence-electron chi connectivity index (χ3n) is 4.09. The summed E-state index contributed by atoms with van der Waals surface area (Å²) in [6, 6.07) is 12.0. The van der Waals surface area contributed by atoms with Crippen molar-refractivity contribution in [2.45, 2.75) is 31.6 Å². The maximum Gasteiger partial charge on any atom is 0.149 e. The summed E-state index contributed by atoms with van der Waals surface area (Å²) < 4.78 is 27.3. The number of aryl methyl sites for hydroxylation is 1. The molecule has 2 aromatic carbocycles. The molecule has 3 rings (SSSR count). The molecule has 2 nitrogen and oxygen atoms in total. The van der Waals surface area contributed by atoms with Crippen molar-refractivity contribution in [2.75, 3.05) is 5.75 Å². The van der Waals surface area contributed by atoms with Crippen molar-refractivity contribution in [1.82, 2.24) is 0 Å². The van der Waals surface area contributed by atoms with Crippen LogP contribution < -0.4 is 0 Å². The van der Waals surface area contributed by atoms with E-state index in [4.69, 9.17) is 4.84 Å². The van der Waals surface area contributed by atoms with Crippen LogP contribution in [0.3, 0.4) is 0 Å². The molecule has 0 radical (unpaired) electrons. The van der Waals surface area contributed by atoms with Crippen molar-refractivity contribution in [1.29, 1.82) is 0 Å². The molecule has 0 fully saturated rings. The Hall–Kier alpha value is -1.88. The van der Waals surface area contributed by atoms with Crippen LogP contribution in [0, 0.1) is 18.6 Å². The van der Waals surface area contributed by atoms with Gasteiger partial charge in [-0.1, -0.05) is 35.5 Å². The molecule has 0 amide bonds. The van der Waals surface area contributed by atoms with Crippen LogP contribution >= 0.6 is 11.8 Å². The molecule has 0 aliphatic carbocycles. The van der Waals surface area contributed by atoms with E-state index >= 15 is 0 Å². The second-order valence-electron chi connectivity index (χ2n) is 6.26. The maximum atomic E-state index is 13.7. The van der Waals surface area contributed by atoms with Crippen LogP contribution in [0.1, 0.15) is 30.0 Å². The Labute approximate surface area is 144 Å². The van der Waals surface area contributed by atoms with Gasteiger partial charge in [-0.05, 0) is 31.5 Å². The topological polar surface area (TPSA) is 21.6 Å². The van der Waals surface area contributed by atoms with Gasteiger partial charge in [-0.25, -0.2) is 8.78 Å². The van der Waals surface area contributed by atoms with Gasteiger partial charge in [0.15, 0.2) is 0 Å². The highest BCUT2D eigenvalue weighted by molar-refractivity contribution is 7.98. The summed E-state index contributed by atoms with van der Waals surface area (Å²) in [7, 11) is 0. The van der Waals surface area contributed by atoms with Crippen molar-refractivity contribution in [3.05, 3.63) is 70.8 Å². The smallest absolute Gasteiger partial charge is 0.149 e. The minimum absolute atomic E-state index is 0.115. The van der Waals surface area contributed by atoms with Crippen molar-refractivity contribution >= 4 is 17.5 Å². The van der Waals surface area contributed by atoms with E-state index in [-0.39, 0.29) is 11.3 Å². The quantitative estimate of drug-likeness (QED) is 0.751. The number of thioether (sulfide) groups is 1. The fourth-order valence-electron chi connectivity index (χ4n) is 2.74. The zero-order chi connectivity index (χ0) is 17.2. The second-order valence-corrected chi connectivity index (χ2v) is 7.25. The van der Waals surface area contributed by atoms with E-state index < -0.39 is 17.2 Å². The molecule has 1 atom stereocenters. The van der Waals surface area contributed by atoms with Crippen molar-refractivity contribution in [3.63, 3.8) is 0 Å². The van der Waals surface area contributed by atoms with Gasteiger partial charge in [0, 0.05) is 29.1 Å². The zero-order valence-electron chi connectivity index (χ0n) is 13.7. The summed E-state index contributed by atoms with van der Waals surface area (Å²) in [5.74, 6) is -0.120. The maximum absolute atomic E-state index is 13.7. The second kappa shape index (κ2) is 6.93. The minimum Gasteiger partial charge on any atom is -0.388 e. The Morgan fingerprint density at radius 2 is 1.83 bits per heavy atom. The summed E-state index contributed by atoms with van der Waals surface area (Å²) in [4.78, 5) is 5.64. The number of oxime groups is 1. The van der Waals surface area contributed by atoms with Crippen LogP contribution in [0.15, 0.2) is 47.6 Å². The van der Waals surface area contributed by atoms with Crippen molar-refractivity contribution in [3.8, 4) is 0 Å². The predicted octanol–water partition coefficient (Wildman–Crippen LogP) is 5.09. The van der Waals surface area contributed by atoms with Crippen LogP contribution in [0.5, 0.6) is 0 Å². The minimum atomic E-state index is -0.503. The van der Waals surface area contributed by atoms with Crippen molar-refractivity contribution < 1.29 is 13.6 Å². The third kappa shape index (κ3) is 3.61. The summed E-state index contributed by atoms with van der Waals surface area (Å²) in [5.41, 5.74) is 2.83. The number of benzene rings is 2. The number of hydrogen-bond donors (Lipinski definition) is 0. The molecule has 0 bridgehead atoms. The number of hydrogen-bond acceptors (Lipinski definition) is 3. The van der Waals surface area contributed by atoms with Gasteiger partial charge in [-0.3, -0.25) is 0 Å². The lowest BCUT2D eigenvalue weighted by Gasteiger charge is -2.21. The number of halogens is 2. The van der Waals surface area contributed by atoms with Crippen LogP contribution in [0.4, 0.5) is 8.78 Å². The van der Waals surface area contributed by atoms with Gasteiger partial charge < -0.3 is 4.84 Å². The molecule has 24 heavy (non-hydrogen) atoms. The van der Waals surface area contributed by atoms with Crippen LogP contribution in [0.25, 0.3) is 0 Å². The highest BCUT2D eigenvalue weighted by Gasteiger charge is 2.35. The lowest BCUT2D eigenvalue weighted by Crippen LogP contribution is -2.28. The van der Waals surface area contributed by atoms with Gasteiger partial charge in [-0.15, -0.1) is 0 Å². The van der Waals surface area contributed by atoms with Gasteiger partial charge >= 0.3 is 0 Å². The monoisotopic (exact) mass is 347 g/mol. The first-order valence-corrected chi connectivity index (χ1v) is 8.96. The van der Waals surface area contributed by atoms with Gasteiger partial charge in [0.05, 0.1) is 5.71 Å². The average Bonchev–Trinajstić information content (AvgIpc) is 2.93. The molecule has 1 heterocycles. The summed E-state index contributed by atoms with van der Waals surface area (Å²) in [5, 5.41) is 4.24. The fraction of sp³-hybridized carbons (Fsp3) is 0.316. The molecule has 5 heteroatoms. The van der Waals surface area contributed by atoms with Gasteiger partial charge in [0.2, 0.25) is 0 Å². The van der Waals surface area contributed by atoms with Gasteiger partial charge in [0.1, 0.15) is 17.2 Å². The normalized spacial score (nSPS) is 19.9. The van der Waals surface area contributed by atoms with E-state index in [9.17, 15) is 8.78 Å². The van der Waals surface area contributed by atoms with E-state index in [2.05, 4.69) is 5.16 Å².